The van der Waals surface area contributed by atoms with Crippen molar-refractivity contribution in [1.82, 2.24) is 5.32 Å². The average molecular weight is 230 g/mol. The Morgan fingerprint density at radius 3 is 3.00 bits per heavy atom. The molecule has 1 aliphatic heterocycles. The number of nitrogens with one attached hydrogen (secondary N) is 1. The Morgan fingerprint density at radius 2 is 2.40 bits per heavy atom. The van der Waals surface area contributed by atoms with Crippen LogP contribution >= 0.6 is 11.8 Å². The van der Waals surface area contributed by atoms with Crippen LogP contribution in [0, 0.1) is 5.92 Å². The van der Waals surface area contributed by atoms with Gasteiger partial charge in [-0.1, -0.05) is 32.5 Å². The lowest BCUT2D eigenvalue weighted by Crippen LogP contribution is -2.24. The molecule has 88 valence electrons. The molecule has 1 aliphatic rings. The molecule has 0 saturated heterocycles. The van der Waals surface area contributed by atoms with Gasteiger partial charge >= 0.3 is 0 Å². The number of hydrogen-bond donors (Lipinski definition) is 1. The first-order valence-electron chi connectivity index (χ1n) is 5.75. The van der Waals surface area contributed by atoms with Crippen LogP contribution in [0.1, 0.15) is 27.2 Å². The van der Waals surface area contributed by atoms with Gasteiger partial charge in [0.05, 0.1) is 13.2 Å². The predicted octanol–water partition coefficient (Wildman–Crippen LogP) is 2.13. The SMILES string of the molecule is CCC1CN=C(NCCOCC(C)C)S1. The van der Waals surface area contributed by atoms with Crippen molar-refractivity contribution in [3.8, 4) is 0 Å². The lowest BCUT2D eigenvalue weighted by atomic mass is 10.2. The van der Waals surface area contributed by atoms with Crippen molar-refractivity contribution in [1.29, 1.82) is 0 Å². The maximum Gasteiger partial charge on any atom is 0.157 e. The van der Waals surface area contributed by atoms with Gasteiger partial charge in [0.1, 0.15) is 0 Å². The fourth-order valence-corrected chi connectivity index (χ4v) is 2.24. The number of thioether (sulfide) groups is 1. The highest BCUT2D eigenvalue weighted by Crippen LogP contribution is 2.21. The quantitative estimate of drug-likeness (QED) is 0.710. The van der Waals surface area contributed by atoms with Crippen LogP contribution in [0.4, 0.5) is 0 Å². The Kier molecular flexibility index (Phi) is 6.10. The first kappa shape index (κ1) is 12.8. The Labute approximate surface area is 97.1 Å². The van der Waals surface area contributed by atoms with Gasteiger partial charge in [0.2, 0.25) is 0 Å². The van der Waals surface area contributed by atoms with Crippen LogP contribution < -0.4 is 5.32 Å². The van der Waals surface area contributed by atoms with E-state index in [1.807, 2.05) is 11.8 Å². The number of nitrogens with zero attached hydrogens (tertiary/aromatic N) is 1. The maximum absolute atomic E-state index is 5.48. The van der Waals surface area contributed by atoms with Crippen LogP contribution in [0.15, 0.2) is 4.99 Å². The highest BCUT2D eigenvalue weighted by molar-refractivity contribution is 8.14. The second-order valence-electron chi connectivity index (χ2n) is 4.19. The highest BCUT2D eigenvalue weighted by atomic mass is 32.2. The van der Waals surface area contributed by atoms with E-state index in [0.717, 1.165) is 31.5 Å². The van der Waals surface area contributed by atoms with Gasteiger partial charge in [-0.05, 0) is 12.3 Å². The average Bonchev–Trinajstić information content (AvgIpc) is 2.65. The van der Waals surface area contributed by atoms with Gasteiger partial charge in [-0.3, -0.25) is 4.99 Å². The minimum Gasteiger partial charge on any atom is -0.379 e. The molecule has 1 N–H and O–H groups in total. The van der Waals surface area contributed by atoms with Crippen LogP contribution in [-0.4, -0.2) is 36.7 Å². The molecule has 1 atom stereocenters. The minimum absolute atomic E-state index is 0.618. The molecule has 0 amide bonds. The van der Waals surface area contributed by atoms with E-state index in [4.69, 9.17) is 4.74 Å². The van der Waals surface area contributed by atoms with Gasteiger partial charge < -0.3 is 10.1 Å². The molecule has 0 aromatic heterocycles. The van der Waals surface area contributed by atoms with E-state index in [-0.39, 0.29) is 0 Å². The number of rotatable bonds is 6. The molecule has 0 radical (unpaired) electrons. The number of aliphatic imine (C=N–C) groups is 1. The molecule has 0 aromatic carbocycles. The number of amidine groups is 1. The summed E-state index contributed by atoms with van der Waals surface area (Å²) in [5.74, 6) is 0.618. The molecule has 4 heteroatoms. The molecule has 3 nitrogen and oxygen atoms in total. The Hall–Kier alpha value is -0.220. The largest absolute Gasteiger partial charge is 0.379 e. The molecule has 0 fully saturated rings. The predicted molar refractivity (Wildman–Crippen MR) is 67.6 cm³/mol. The molecule has 0 spiro atoms. The first-order valence-corrected chi connectivity index (χ1v) is 6.63. The van der Waals surface area contributed by atoms with Gasteiger partial charge in [0.25, 0.3) is 0 Å². The molecule has 1 heterocycles. The van der Waals surface area contributed by atoms with Crippen molar-refractivity contribution < 1.29 is 4.74 Å². The van der Waals surface area contributed by atoms with Crippen molar-refractivity contribution in [3.63, 3.8) is 0 Å². The van der Waals surface area contributed by atoms with Crippen LogP contribution in [0.25, 0.3) is 0 Å². The molecule has 0 saturated carbocycles. The summed E-state index contributed by atoms with van der Waals surface area (Å²) in [5, 5.41) is 5.08. The van der Waals surface area contributed by atoms with Crippen LogP contribution in [0.2, 0.25) is 0 Å². The van der Waals surface area contributed by atoms with Crippen LogP contribution in [-0.2, 0) is 4.74 Å². The molecule has 1 rings (SSSR count). The monoisotopic (exact) mass is 230 g/mol. The molecule has 0 aromatic rings. The van der Waals surface area contributed by atoms with E-state index in [9.17, 15) is 0 Å². The van der Waals surface area contributed by atoms with E-state index >= 15 is 0 Å². The van der Waals surface area contributed by atoms with Gasteiger partial charge in [0.15, 0.2) is 5.17 Å². The van der Waals surface area contributed by atoms with Gasteiger partial charge in [-0.2, -0.15) is 0 Å². The van der Waals surface area contributed by atoms with Gasteiger partial charge in [-0.25, -0.2) is 0 Å². The van der Waals surface area contributed by atoms with Crippen LogP contribution in [0.3, 0.4) is 0 Å². The fraction of sp³-hybridized carbons (Fsp3) is 0.909. The van der Waals surface area contributed by atoms with Gasteiger partial charge in [-0.15, -0.1) is 0 Å². The van der Waals surface area contributed by atoms with E-state index in [1.54, 1.807) is 0 Å². The molecule has 1 unspecified atom stereocenters. The fourth-order valence-electron chi connectivity index (χ4n) is 1.28. The first-order chi connectivity index (χ1) is 7.22. The summed E-state index contributed by atoms with van der Waals surface area (Å²) in [7, 11) is 0. The second kappa shape index (κ2) is 7.12. The summed E-state index contributed by atoms with van der Waals surface area (Å²) in [6.07, 6.45) is 1.20. The zero-order valence-corrected chi connectivity index (χ0v) is 10.8. The lowest BCUT2D eigenvalue weighted by molar-refractivity contribution is 0.114. The topological polar surface area (TPSA) is 33.6 Å². The molecular weight excluding hydrogens is 208 g/mol. The lowest BCUT2D eigenvalue weighted by Gasteiger charge is -2.09. The third-order valence-electron chi connectivity index (χ3n) is 2.15. The smallest absolute Gasteiger partial charge is 0.157 e. The van der Waals surface area contributed by atoms with E-state index in [0.29, 0.717) is 11.2 Å². The zero-order valence-electron chi connectivity index (χ0n) is 9.95. The zero-order chi connectivity index (χ0) is 11.1. The van der Waals surface area contributed by atoms with Crippen molar-refractivity contribution in [3.05, 3.63) is 0 Å². The van der Waals surface area contributed by atoms with Gasteiger partial charge in [0, 0.05) is 18.4 Å². The number of hydrogen-bond acceptors (Lipinski definition) is 4. The molecule has 0 bridgehead atoms. The Bertz CT molecular complexity index is 207. The van der Waals surface area contributed by atoms with E-state index in [2.05, 4.69) is 31.1 Å². The van der Waals surface area contributed by atoms with E-state index < -0.39 is 0 Å². The van der Waals surface area contributed by atoms with Crippen LogP contribution in [0.5, 0.6) is 0 Å². The molecule has 0 aliphatic carbocycles. The summed E-state index contributed by atoms with van der Waals surface area (Å²) in [6, 6.07) is 0. The van der Waals surface area contributed by atoms with E-state index in [1.165, 1.54) is 6.42 Å². The van der Waals surface area contributed by atoms with Crippen molar-refractivity contribution in [2.24, 2.45) is 10.9 Å². The standard InChI is InChI=1S/C11H22N2OS/c1-4-10-7-13-11(15-10)12-5-6-14-8-9(2)3/h9-10H,4-8H2,1-3H3,(H,12,13). The summed E-state index contributed by atoms with van der Waals surface area (Å²) >= 11 is 1.86. The number of ether oxygens (including phenoxy) is 1. The van der Waals surface area contributed by atoms with Crippen molar-refractivity contribution in [2.45, 2.75) is 32.4 Å². The molecular formula is C11H22N2OS. The summed E-state index contributed by atoms with van der Waals surface area (Å²) in [4.78, 5) is 4.43. The maximum atomic E-state index is 5.48. The minimum atomic E-state index is 0.618. The second-order valence-corrected chi connectivity index (χ2v) is 5.48. The summed E-state index contributed by atoms with van der Waals surface area (Å²) in [5.41, 5.74) is 0. The Balaban J connectivity index is 1.97. The third-order valence-corrected chi connectivity index (χ3v) is 3.46. The Morgan fingerprint density at radius 1 is 1.60 bits per heavy atom. The van der Waals surface area contributed by atoms with Crippen molar-refractivity contribution >= 4 is 16.9 Å². The third kappa shape index (κ3) is 5.42. The summed E-state index contributed by atoms with van der Waals surface area (Å²) < 4.78 is 5.48. The normalized spacial score (nSPS) is 20.8. The molecule has 15 heavy (non-hydrogen) atoms. The van der Waals surface area contributed by atoms with Crippen molar-refractivity contribution in [2.75, 3.05) is 26.3 Å². The highest BCUT2D eigenvalue weighted by Gasteiger charge is 2.16. The summed E-state index contributed by atoms with van der Waals surface area (Å²) in [6.45, 7) is 9.99.